The minimum Gasteiger partial charge on any atom is -0.494 e. The van der Waals surface area contributed by atoms with Gasteiger partial charge in [0.25, 0.3) is 0 Å². The second-order valence-corrected chi connectivity index (χ2v) is 4.74. The zero-order valence-electron chi connectivity index (χ0n) is 12.2. The molecule has 1 atom stereocenters. The van der Waals surface area contributed by atoms with Gasteiger partial charge in [-0.25, -0.2) is 0 Å². The minimum atomic E-state index is -4.29. The monoisotopic (exact) mass is 360 g/mol. The largest absolute Gasteiger partial charge is 0.494 e. The van der Waals surface area contributed by atoms with Crippen LogP contribution in [0.2, 0.25) is 0 Å². The molecular weight excluding hydrogens is 340 g/mol. The maximum atomic E-state index is 13.4. The van der Waals surface area contributed by atoms with E-state index in [1.807, 2.05) is 6.92 Å². The van der Waals surface area contributed by atoms with Crippen LogP contribution in [0.4, 0.5) is 13.2 Å². The summed E-state index contributed by atoms with van der Waals surface area (Å²) in [4.78, 5) is 1.47. The van der Waals surface area contributed by atoms with Crippen molar-refractivity contribution in [3.8, 4) is 5.75 Å². The summed E-state index contributed by atoms with van der Waals surface area (Å²) in [7, 11) is 0. The van der Waals surface area contributed by atoms with Gasteiger partial charge in [-0.3, -0.25) is 4.90 Å². The van der Waals surface area contributed by atoms with Gasteiger partial charge in [-0.05, 0) is 24.6 Å². The van der Waals surface area contributed by atoms with Crippen LogP contribution in [0.15, 0.2) is 24.3 Å². The summed E-state index contributed by atoms with van der Waals surface area (Å²) >= 11 is 0. The van der Waals surface area contributed by atoms with Gasteiger partial charge in [0, 0.05) is 26.2 Å². The van der Waals surface area contributed by atoms with Crippen molar-refractivity contribution in [3.05, 3.63) is 29.8 Å². The lowest BCUT2D eigenvalue weighted by Gasteiger charge is -2.36. The Morgan fingerprint density at radius 1 is 1.23 bits per heavy atom. The summed E-state index contributed by atoms with van der Waals surface area (Å²) in [6, 6.07) is 4.73. The highest BCUT2D eigenvalue weighted by atomic mass is 35.5. The molecule has 0 aromatic heterocycles. The molecule has 0 unspecified atom stereocenters. The molecule has 8 heteroatoms. The van der Waals surface area contributed by atoms with Crippen LogP contribution in [0.1, 0.15) is 18.5 Å². The second-order valence-electron chi connectivity index (χ2n) is 4.74. The summed E-state index contributed by atoms with van der Waals surface area (Å²) < 4.78 is 45.5. The van der Waals surface area contributed by atoms with Crippen LogP contribution in [-0.2, 0) is 0 Å². The first kappa shape index (κ1) is 21.3. The zero-order valence-corrected chi connectivity index (χ0v) is 13.9. The van der Waals surface area contributed by atoms with Gasteiger partial charge in [0.05, 0.1) is 6.61 Å². The number of nitrogens with zero attached hydrogens (tertiary/aromatic N) is 1. The summed E-state index contributed by atoms with van der Waals surface area (Å²) in [5.74, 6) is 0.481. The number of hydrogen-bond acceptors (Lipinski definition) is 3. The van der Waals surface area contributed by atoms with Crippen LogP contribution < -0.4 is 10.1 Å². The fourth-order valence-electron chi connectivity index (χ4n) is 2.49. The van der Waals surface area contributed by atoms with Crippen LogP contribution in [0.3, 0.4) is 0 Å². The molecule has 0 spiro atoms. The highest BCUT2D eigenvalue weighted by molar-refractivity contribution is 5.85. The van der Waals surface area contributed by atoms with E-state index in [-0.39, 0.29) is 30.4 Å². The molecule has 1 heterocycles. The highest BCUT2D eigenvalue weighted by Gasteiger charge is 2.44. The molecule has 0 aliphatic carbocycles. The molecular formula is C14H21Cl2F3N2O. The maximum Gasteiger partial charge on any atom is 0.408 e. The Morgan fingerprint density at radius 3 is 2.41 bits per heavy atom. The quantitative estimate of drug-likeness (QED) is 0.889. The Bertz CT molecular complexity index is 440. The molecule has 0 radical (unpaired) electrons. The summed E-state index contributed by atoms with van der Waals surface area (Å²) in [5, 5.41) is 3.07. The topological polar surface area (TPSA) is 24.5 Å². The highest BCUT2D eigenvalue weighted by Crippen LogP contribution is 2.38. The number of nitrogens with one attached hydrogen (secondary N) is 1. The van der Waals surface area contributed by atoms with E-state index in [0.717, 1.165) is 0 Å². The van der Waals surface area contributed by atoms with Gasteiger partial charge in [0.2, 0.25) is 0 Å². The SMILES string of the molecule is CCOc1cccc([C@H](N2CCNCC2)C(F)(F)F)c1.Cl.Cl. The predicted octanol–water partition coefficient (Wildman–Crippen LogP) is 3.44. The first-order chi connectivity index (χ1) is 9.52. The van der Waals surface area contributed by atoms with Crippen LogP contribution >= 0.6 is 24.8 Å². The van der Waals surface area contributed by atoms with Gasteiger partial charge in [-0.2, -0.15) is 13.2 Å². The van der Waals surface area contributed by atoms with Crippen molar-refractivity contribution in [2.75, 3.05) is 32.8 Å². The molecule has 1 aromatic carbocycles. The molecule has 1 aliphatic rings. The Hall–Kier alpha value is -0.690. The van der Waals surface area contributed by atoms with Crippen molar-refractivity contribution in [1.29, 1.82) is 0 Å². The molecule has 3 nitrogen and oxygen atoms in total. The third-order valence-corrected chi connectivity index (χ3v) is 3.31. The van der Waals surface area contributed by atoms with E-state index in [4.69, 9.17) is 4.74 Å². The van der Waals surface area contributed by atoms with Crippen molar-refractivity contribution < 1.29 is 17.9 Å². The molecule has 128 valence electrons. The van der Waals surface area contributed by atoms with Crippen molar-refractivity contribution in [2.24, 2.45) is 0 Å². The smallest absolute Gasteiger partial charge is 0.408 e. The predicted molar refractivity (Wildman–Crippen MR) is 85.3 cm³/mol. The fraction of sp³-hybridized carbons (Fsp3) is 0.571. The zero-order chi connectivity index (χ0) is 14.6. The minimum absolute atomic E-state index is 0. The summed E-state index contributed by atoms with van der Waals surface area (Å²) in [5.41, 5.74) is 0.241. The average Bonchev–Trinajstić information content (AvgIpc) is 2.39. The van der Waals surface area contributed by atoms with E-state index >= 15 is 0 Å². The number of hydrogen-bond donors (Lipinski definition) is 1. The lowest BCUT2D eigenvalue weighted by Crippen LogP contribution is -2.49. The van der Waals surface area contributed by atoms with Crippen LogP contribution in [0, 0.1) is 0 Å². The van der Waals surface area contributed by atoms with E-state index in [2.05, 4.69) is 5.32 Å². The molecule has 1 aliphatic heterocycles. The number of rotatable bonds is 4. The molecule has 1 saturated heterocycles. The third kappa shape index (κ3) is 5.50. The Morgan fingerprint density at radius 2 is 1.86 bits per heavy atom. The standard InChI is InChI=1S/C14H19F3N2O.2ClH/c1-2-20-12-5-3-4-11(10-12)13(14(15,16)17)19-8-6-18-7-9-19;;/h3-5,10,13,18H,2,6-9H2,1H3;2*1H/t13-;;/m0../s1. The summed E-state index contributed by atoms with van der Waals surface area (Å²) in [6.07, 6.45) is -4.29. The van der Waals surface area contributed by atoms with E-state index in [0.29, 0.717) is 38.5 Å². The lowest BCUT2D eigenvalue weighted by atomic mass is 10.0. The number of piperazine rings is 1. The van der Waals surface area contributed by atoms with Crippen molar-refractivity contribution in [1.82, 2.24) is 10.2 Å². The molecule has 0 bridgehead atoms. The van der Waals surface area contributed by atoms with E-state index < -0.39 is 12.2 Å². The van der Waals surface area contributed by atoms with Gasteiger partial charge >= 0.3 is 6.18 Å². The number of alkyl halides is 3. The molecule has 22 heavy (non-hydrogen) atoms. The average molecular weight is 361 g/mol. The van der Waals surface area contributed by atoms with Crippen LogP contribution in [0.25, 0.3) is 0 Å². The van der Waals surface area contributed by atoms with E-state index in [1.54, 1.807) is 12.1 Å². The van der Waals surface area contributed by atoms with Crippen LogP contribution in [0.5, 0.6) is 5.75 Å². The Balaban J connectivity index is 0.00000220. The van der Waals surface area contributed by atoms with Gasteiger partial charge in [-0.1, -0.05) is 12.1 Å². The molecule has 1 aromatic rings. The number of ether oxygens (including phenoxy) is 1. The Labute approximate surface area is 141 Å². The normalized spacial score (nSPS) is 17.1. The molecule has 0 saturated carbocycles. The summed E-state index contributed by atoms with van der Waals surface area (Å²) in [6.45, 7) is 4.19. The van der Waals surface area contributed by atoms with Crippen LogP contribution in [-0.4, -0.2) is 43.9 Å². The Kier molecular flexibility index (Phi) is 9.15. The van der Waals surface area contributed by atoms with Crippen molar-refractivity contribution >= 4 is 24.8 Å². The molecule has 0 amide bonds. The van der Waals surface area contributed by atoms with E-state index in [9.17, 15) is 13.2 Å². The van der Waals surface area contributed by atoms with Gasteiger partial charge in [0.15, 0.2) is 0 Å². The molecule has 2 rings (SSSR count). The maximum absolute atomic E-state index is 13.4. The second kappa shape index (κ2) is 9.45. The molecule has 1 fully saturated rings. The van der Waals surface area contributed by atoms with E-state index in [1.165, 1.54) is 17.0 Å². The van der Waals surface area contributed by atoms with Gasteiger partial charge in [0.1, 0.15) is 11.8 Å². The number of halogens is 5. The van der Waals surface area contributed by atoms with Gasteiger partial charge < -0.3 is 10.1 Å². The third-order valence-electron chi connectivity index (χ3n) is 3.31. The first-order valence-corrected chi connectivity index (χ1v) is 6.76. The first-order valence-electron chi connectivity index (χ1n) is 6.76. The van der Waals surface area contributed by atoms with Crippen molar-refractivity contribution in [3.63, 3.8) is 0 Å². The lowest BCUT2D eigenvalue weighted by molar-refractivity contribution is -0.187. The van der Waals surface area contributed by atoms with Crippen molar-refractivity contribution in [2.45, 2.75) is 19.1 Å². The van der Waals surface area contributed by atoms with Gasteiger partial charge in [-0.15, -0.1) is 24.8 Å². The number of benzene rings is 1. The fourth-order valence-corrected chi connectivity index (χ4v) is 2.49. The molecule has 1 N–H and O–H groups in total.